The molecule has 214 valence electrons. The smallest absolute Gasteiger partial charge is 0.0816 e. The van der Waals surface area contributed by atoms with Crippen LogP contribution in [0.3, 0.4) is 0 Å². The van der Waals surface area contributed by atoms with E-state index in [-0.39, 0.29) is 0 Å². The highest BCUT2D eigenvalue weighted by molar-refractivity contribution is 8.01. The van der Waals surface area contributed by atoms with Gasteiger partial charge in [-0.1, -0.05) is 81.4 Å². The van der Waals surface area contributed by atoms with E-state index in [2.05, 4.69) is 142 Å². The fourth-order valence-corrected chi connectivity index (χ4v) is 8.09. The summed E-state index contributed by atoms with van der Waals surface area (Å²) in [5.74, 6) is 8.14. The molecule has 7 aromatic rings. The topological polar surface area (TPSA) is 25.8 Å². The largest absolute Gasteiger partial charge is 0.253 e. The second kappa shape index (κ2) is 12.4. The van der Waals surface area contributed by atoms with Crippen molar-refractivity contribution in [1.29, 1.82) is 0 Å². The molecule has 0 fully saturated rings. The first kappa shape index (κ1) is 28.6. The first-order chi connectivity index (χ1) is 21.6. The third-order valence-corrected chi connectivity index (χ3v) is 10.7. The molecule has 0 amide bonds. The molecule has 0 radical (unpaired) electrons. The number of hydrogen-bond acceptors (Lipinski definition) is 5. The van der Waals surface area contributed by atoms with Crippen molar-refractivity contribution < 1.29 is 0 Å². The molecular formula is C39H30N2S3. The molecule has 3 aromatic carbocycles. The van der Waals surface area contributed by atoms with Gasteiger partial charge in [-0.05, 0) is 94.3 Å². The van der Waals surface area contributed by atoms with Gasteiger partial charge in [0.05, 0.1) is 35.6 Å². The molecule has 0 N–H and O–H groups in total. The second-order valence-corrected chi connectivity index (χ2v) is 14.6. The van der Waals surface area contributed by atoms with Gasteiger partial charge in [-0.25, -0.2) is 4.98 Å². The molecule has 0 aliphatic rings. The Morgan fingerprint density at radius 1 is 0.659 bits per heavy atom. The molecule has 0 spiro atoms. The minimum Gasteiger partial charge on any atom is -0.253 e. The first-order valence-corrected chi connectivity index (χ1v) is 17.4. The van der Waals surface area contributed by atoms with Crippen LogP contribution in [0, 0.1) is 11.8 Å². The minimum absolute atomic E-state index is 0.319. The van der Waals surface area contributed by atoms with Crippen molar-refractivity contribution in [2.45, 2.75) is 30.9 Å². The van der Waals surface area contributed by atoms with Crippen molar-refractivity contribution in [1.82, 2.24) is 9.97 Å². The predicted octanol–water partition coefficient (Wildman–Crippen LogP) is 11.5. The van der Waals surface area contributed by atoms with Gasteiger partial charge < -0.3 is 0 Å². The van der Waals surface area contributed by atoms with Gasteiger partial charge in [0, 0.05) is 16.5 Å². The molecule has 4 heterocycles. The summed E-state index contributed by atoms with van der Waals surface area (Å²) in [4.78, 5) is 13.7. The number of benzene rings is 3. The number of hydrogen-bond donors (Lipinski definition) is 0. The maximum absolute atomic E-state index is 5.26. The zero-order valence-electron chi connectivity index (χ0n) is 24.8. The quantitative estimate of drug-likeness (QED) is 0.105. The van der Waals surface area contributed by atoms with Gasteiger partial charge in [-0.2, -0.15) is 0 Å². The van der Waals surface area contributed by atoms with Crippen molar-refractivity contribution in [2.75, 3.05) is 5.75 Å². The average molecular weight is 623 g/mol. The minimum atomic E-state index is 0.319. The van der Waals surface area contributed by atoms with Gasteiger partial charge in [0.2, 0.25) is 0 Å². The highest BCUT2D eigenvalue weighted by atomic mass is 32.2. The zero-order chi connectivity index (χ0) is 30.0. The van der Waals surface area contributed by atoms with Crippen LogP contribution in [-0.4, -0.2) is 15.7 Å². The normalized spacial score (nSPS) is 11.3. The van der Waals surface area contributed by atoms with Crippen molar-refractivity contribution in [3.05, 3.63) is 125 Å². The maximum Gasteiger partial charge on any atom is 0.0816 e. The summed E-state index contributed by atoms with van der Waals surface area (Å²) >= 11 is 5.32. The predicted molar refractivity (Wildman–Crippen MR) is 192 cm³/mol. The SMILES string of the molecule is CCSc1ccc(C#Cc2ccc(-c3cc(-c4ccccc4)c4cc5nc(C(C)C)cc(-c6ccccc6)c5cc4n3)s2)s1. The third-order valence-electron chi connectivity index (χ3n) is 7.55. The summed E-state index contributed by atoms with van der Waals surface area (Å²) in [6.07, 6.45) is 0. The molecular weight excluding hydrogens is 593 g/mol. The average Bonchev–Trinajstić information content (AvgIpc) is 3.72. The fraction of sp³-hybridized carbons (Fsp3) is 0.128. The summed E-state index contributed by atoms with van der Waals surface area (Å²) in [7, 11) is 0. The van der Waals surface area contributed by atoms with Crippen LogP contribution in [0.2, 0.25) is 0 Å². The first-order valence-electron chi connectivity index (χ1n) is 14.8. The van der Waals surface area contributed by atoms with E-state index >= 15 is 0 Å². The lowest BCUT2D eigenvalue weighted by molar-refractivity contribution is 0.830. The van der Waals surface area contributed by atoms with Gasteiger partial charge in [0.15, 0.2) is 0 Å². The van der Waals surface area contributed by atoms with Crippen LogP contribution in [0.15, 0.2) is 113 Å². The van der Waals surface area contributed by atoms with Crippen LogP contribution in [0.25, 0.3) is 54.6 Å². The molecule has 0 saturated carbocycles. The van der Waals surface area contributed by atoms with E-state index in [9.17, 15) is 0 Å². The van der Waals surface area contributed by atoms with E-state index in [1.54, 1.807) is 22.7 Å². The molecule has 7 rings (SSSR count). The highest BCUT2D eigenvalue weighted by Crippen LogP contribution is 2.39. The van der Waals surface area contributed by atoms with E-state index in [1.165, 1.54) is 20.9 Å². The number of thiophene rings is 2. The number of nitrogens with zero attached hydrogens (tertiary/aromatic N) is 2. The highest BCUT2D eigenvalue weighted by Gasteiger charge is 2.16. The van der Waals surface area contributed by atoms with Crippen LogP contribution in [0.5, 0.6) is 0 Å². The van der Waals surface area contributed by atoms with E-state index in [0.29, 0.717) is 5.92 Å². The summed E-state index contributed by atoms with van der Waals surface area (Å²) in [6.45, 7) is 6.59. The summed E-state index contributed by atoms with van der Waals surface area (Å²) in [6, 6.07) is 38.7. The van der Waals surface area contributed by atoms with Gasteiger partial charge in [0.25, 0.3) is 0 Å². The van der Waals surface area contributed by atoms with E-state index in [1.807, 2.05) is 11.8 Å². The number of pyridine rings is 2. The number of fused-ring (bicyclic) bond motifs is 2. The van der Waals surface area contributed by atoms with E-state index < -0.39 is 0 Å². The maximum atomic E-state index is 5.26. The molecule has 44 heavy (non-hydrogen) atoms. The van der Waals surface area contributed by atoms with Gasteiger partial charge in [-0.3, -0.25) is 4.98 Å². The molecule has 4 aromatic heterocycles. The number of thioether (sulfide) groups is 1. The van der Waals surface area contributed by atoms with Crippen LogP contribution >= 0.6 is 34.4 Å². The van der Waals surface area contributed by atoms with Gasteiger partial charge in [0.1, 0.15) is 0 Å². The van der Waals surface area contributed by atoms with Crippen LogP contribution in [0.1, 0.15) is 42.1 Å². The zero-order valence-corrected chi connectivity index (χ0v) is 27.2. The summed E-state index contributed by atoms with van der Waals surface area (Å²) in [5.41, 5.74) is 8.72. The van der Waals surface area contributed by atoms with Crippen LogP contribution < -0.4 is 0 Å². The lowest BCUT2D eigenvalue weighted by atomic mass is 9.94. The lowest BCUT2D eigenvalue weighted by Gasteiger charge is -2.15. The molecule has 2 nitrogen and oxygen atoms in total. The Bertz CT molecular complexity index is 2160. The van der Waals surface area contributed by atoms with Crippen LogP contribution in [-0.2, 0) is 0 Å². The molecule has 5 heteroatoms. The third kappa shape index (κ3) is 5.81. The Morgan fingerprint density at radius 3 is 1.89 bits per heavy atom. The Balaban J connectivity index is 1.39. The fourth-order valence-electron chi connectivity index (χ4n) is 5.37. The Morgan fingerprint density at radius 2 is 1.25 bits per heavy atom. The molecule has 0 aliphatic carbocycles. The summed E-state index contributed by atoms with van der Waals surface area (Å²) < 4.78 is 1.32. The van der Waals surface area contributed by atoms with Crippen LogP contribution in [0.4, 0.5) is 0 Å². The monoisotopic (exact) mass is 622 g/mol. The molecule has 0 saturated heterocycles. The van der Waals surface area contributed by atoms with Crippen molar-refractivity contribution in [3.8, 4) is 44.7 Å². The summed E-state index contributed by atoms with van der Waals surface area (Å²) in [5, 5.41) is 2.22. The Hall–Kier alpha value is -4.21. The second-order valence-electron chi connectivity index (χ2n) is 10.9. The number of rotatable bonds is 6. The van der Waals surface area contributed by atoms with Crippen molar-refractivity contribution in [2.24, 2.45) is 0 Å². The van der Waals surface area contributed by atoms with Crippen molar-refractivity contribution in [3.63, 3.8) is 0 Å². The standard InChI is InChI=1S/C39H30N2S3/c1-4-42-39-20-18-29(44-39)16-15-28-17-19-38(43-28)37-22-31(27-13-9-6-10-14-27)33-23-35-32(24-36(33)41-37)30(21-34(40-35)25(2)3)26-11-7-5-8-12-26/h5-14,17-25H,4H2,1-3H3. The van der Waals surface area contributed by atoms with E-state index in [0.717, 1.165) is 59.1 Å². The van der Waals surface area contributed by atoms with E-state index in [4.69, 9.17) is 9.97 Å². The van der Waals surface area contributed by atoms with Crippen molar-refractivity contribution >= 4 is 56.2 Å². The number of aromatic nitrogens is 2. The molecule has 0 bridgehead atoms. The van der Waals surface area contributed by atoms with Gasteiger partial charge in [-0.15, -0.1) is 34.4 Å². The molecule has 0 unspecified atom stereocenters. The van der Waals surface area contributed by atoms with Gasteiger partial charge >= 0.3 is 0 Å². The molecule has 0 atom stereocenters. The lowest BCUT2D eigenvalue weighted by Crippen LogP contribution is -1.97. The Labute approximate surface area is 270 Å². The Kier molecular flexibility index (Phi) is 8.06. The molecule has 0 aliphatic heterocycles.